The molecule has 1 rings (SSSR count). The van der Waals surface area contributed by atoms with Gasteiger partial charge in [0.25, 0.3) is 0 Å². The van der Waals surface area contributed by atoms with Crippen LogP contribution >= 0.6 is 0 Å². The minimum absolute atomic E-state index is 0.230. The van der Waals surface area contributed by atoms with Gasteiger partial charge in [-0.25, -0.2) is 0 Å². The minimum Gasteiger partial charge on any atom is -0.383 e. The zero-order valence-corrected chi connectivity index (χ0v) is 10.4. The predicted octanol–water partition coefficient (Wildman–Crippen LogP) is 1.15. The number of rotatable bonds is 10. The third-order valence-corrected chi connectivity index (χ3v) is 2.40. The molecular weight excluding hydrogens is 223 g/mol. The van der Waals surface area contributed by atoms with Crippen molar-refractivity contribution in [3.8, 4) is 0 Å². The van der Waals surface area contributed by atoms with Gasteiger partial charge in [-0.1, -0.05) is 5.21 Å². The number of halogens is 1. The fourth-order valence-electron chi connectivity index (χ4n) is 1.46. The Morgan fingerprint density at radius 3 is 3.06 bits per heavy atom. The van der Waals surface area contributed by atoms with Crippen molar-refractivity contribution in [1.82, 2.24) is 20.3 Å². The van der Waals surface area contributed by atoms with E-state index in [4.69, 9.17) is 4.74 Å². The van der Waals surface area contributed by atoms with E-state index in [1.807, 2.05) is 10.9 Å². The van der Waals surface area contributed by atoms with E-state index < -0.39 is 0 Å². The number of nitrogens with zero attached hydrogens (tertiary/aromatic N) is 3. The second kappa shape index (κ2) is 9.07. The monoisotopic (exact) mass is 244 g/mol. The largest absolute Gasteiger partial charge is 0.383 e. The van der Waals surface area contributed by atoms with Crippen LogP contribution in [0, 0.1) is 0 Å². The molecule has 1 aromatic rings. The summed E-state index contributed by atoms with van der Waals surface area (Å²) in [5, 5.41) is 11.3. The van der Waals surface area contributed by atoms with E-state index in [0.29, 0.717) is 19.6 Å². The van der Waals surface area contributed by atoms with E-state index in [1.54, 1.807) is 7.11 Å². The zero-order chi connectivity index (χ0) is 12.3. The van der Waals surface area contributed by atoms with Crippen molar-refractivity contribution >= 4 is 0 Å². The molecule has 0 aromatic carbocycles. The van der Waals surface area contributed by atoms with Crippen LogP contribution in [-0.4, -0.2) is 41.9 Å². The molecular formula is C11H21FN4O. The second-order valence-electron chi connectivity index (χ2n) is 3.89. The first kappa shape index (κ1) is 14.1. The van der Waals surface area contributed by atoms with Gasteiger partial charge in [0.15, 0.2) is 0 Å². The average Bonchev–Trinajstić information content (AvgIpc) is 2.78. The number of hydrogen-bond acceptors (Lipinski definition) is 4. The van der Waals surface area contributed by atoms with Crippen molar-refractivity contribution in [2.45, 2.75) is 32.4 Å². The molecule has 0 aliphatic carbocycles. The molecule has 0 saturated heterocycles. The molecule has 1 heterocycles. The van der Waals surface area contributed by atoms with Gasteiger partial charge in [-0.15, -0.1) is 5.10 Å². The Balaban J connectivity index is 2.14. The standard InChI is InChI=1S/C11H21FN4O/c1-17-8-6-13-9-11-10-16(15-14-11)7-4-2-3-5-12/h10,13H,2-9H2,1H3. The summed E-state index contributed by atoms with van der Waals surface area (Å²) >= 11 is 0. The Morgan fingerprint density at radius 2 is 2.29 bits per heavy atom. The number of hydrogen-bond donors (Lipinski definition) is 1. The summed E-state index contributed by atoms with van der Waals surface area (Å²) in [5.41, 5.74) is 0.923. The van der Waals surface area contributed by atoms with E-state index in [9.17, 15) is 4.39 Å². The van der Waals surface area contributed by atoms with Gasteiger partial charge in [-0.2, -0.15) is 0 Å². The molecule has 0 saturated carbocycles. The fourth-order valence-corrected chi connectivity index (χ4v) is 1.46. The molecule has 0 unspecified atom stereocenters. The molecule has 5 nitrogen and oxygen atoms in total. The highest BCUT2D eigenvalue weighted by molar-refractivity contribution is 4.91. The lowest BCUT2D eigenvalue weighted by molar-refractivity contribution is 0.199. The number of aryl methyl sites for hydroxylation is 1. The number of alkyl halides is 1. The van der Waals surface area contributed by atoms with Gasteiger partial charge in [0, 0.05) is 32.9 Å². The average molecular weight is 244 g/mol. The Morgan fingerprint density at radius 1 is 1.41 bits per heavy atom. The van der Waals surface area contributed by atoms with Gasteiger partial charge in [-0.05, 0) is 19.3 Å². The van der Waals surface area contributed by atoms with Crippen LogP contribution in [0.5, 0.6) is 0 Å². The third-order valence-electron chi connectivity index (χ3n) is 2.40. The van der Waals surface area contributed by atoms with Crippen LogP contribution in [0.4, 0.5) is 4.39 Å². The van der Waals surface area contributed by atoms with Crippen molar-refractivity contribution in [1.29, 1.82) is 0 Å². The Hall–Kier alpha value is -1.01. The lowest BCUT2D eigenvalue weighted by Crippen LogP contribution is -2.18. The molecule has 1 N–H and O–H groups in total. The van der Waals surface area contributed by atoms with E-state index in [-0.39, 0.29) is 6.67 Å². The number of methoxy groups -OCH3 is 1. The third kappa shape index (κ3) is 6.33. The first-order chi connectivity index (χ1) is 8.36. The molecule has 0 amide bonds. The van der Waals surface area contributed by atoms with Crippen LogP contribution in [0.15, 0.2) is 6.20 Å². The number of unbranched alkanes of at least 4 members (excludes halogenated alkanes) is 2. The summed E-state index contributed by atoms with van der Waals surface area (Å²) in [7, 11) is 1.68. The maximum absolute atomic E-state index is 11.9. The van der Waals surface area contributed by atoms with Crippen LogP contribution in [0.2, 0.25) is 0 Å². The smallest absolute Gasteiger partial charge is 0.0964 e. The summed E-state index contributed by atoms with van der Waals surface area (Å²) in [4.78, 5) is 0. The summed E-state index contributed by atoms with van der Waals surface area (Å²) in [5.74, 6) is 0. The van der Waals surface area contributed by atoms with Crippen LogP contribution in [0.25, 0.3) is 0 Å². The number of aromatic nitrogens is 3. The van der Waals surface area contributed by atoms with Gasteiger partial charge in [0.05, 0.1) is 19.0 Å². The van der Waals surface area contributed by atoms with Crippen molar-refractivity contribution in [2.75, 3.05) is 26.9 Å². The fraction of sp³-hybridized carbons (Fsp3) is 0.818. The lowest BCUT2D eigenvalue weighted by atomic mass is 10.2. The molecule has 0 atom stereocenters. The van der Waals surface area contributed by atoms with Crippen LogP contribution in [0.1, 0.15) is 25.0 Å². The normalized spacial score (nSPS) is 10.9. The summed E-state index contributed by atoms with van der Waals surface area (Å²) < 4.78 is 18.6. The molecule has 1 aromatic heterocycles. The second-order valence-corrected chi connectivity index (χ2v) is 3.89. The van der Waals surface area contributed by atoms with Gasteiger partial charge < -0.3 is 10.1 Å². The van der Waals surface area contributed by atoms with E-state index in [1.165, 1.54) is 0 Å². The Kier molecular flexibility index (Phi) is 7.49. The highest BCUT2D eigenvalue weighted by Gasteiger charge is 2.00. The maximum atomic E-state index is 11.9. The first-order valence-corrected chi connectivity index (χ1v) is 6.01. The molecule has 0 bridgehead atoms. The van der Waals surface area contributed by atoms with Gasteiger partial charge in [0.1, 0.15) is 0 Å². The summed E-state index contributed by atoms with van der Waals surface area (Å²) in [6.45, 7) is 2.78. The molecule has 17 heavy (non-hydrogen) atoms. The SMILES string of the molecule is COCCNCc1cn(CCCCCF)nn1. The van der Waals surface area contributed by atoms with Gasteiger partial charge >= 0.3 is 0 Å². The lowest BCUT2D eigenvalue weighted by Gasteiger charge is -2.00. The predicted molar refractivity (Wildman–Crippen MR) is 63.4 cm³/mol. The molecule has 0 aliphatic rings. The molecule has 6 heteroatoms. The number of ether oxygens (including phenoxy) is 1. The quantitative estimate of drug-likeness (QED) is 0.627. The molecule has 0 spiro atoms. The summed E-state index contributed by atoms with van der Waals surface area (Å²) in [6, 6.07) is 0. The maximum Gasteiger partial charge on any atom is 0.0964 e. The van der Waals surface area contributed by atoms with Crippen LogP contribution in [-0.2, 0) is 17.8 Å². The molecule has 0 radical (unpaired) electrons. The topological polar surface area (TPSA) is 52.0 Å². The van der Waals surface area contributed by atoms with E-state index in [0.717, 1.165) is 31.6 Å². The highest BCUT2D eigenvalue weighted by Crippen LogP contribution is 2.00. The van der Waals surface area contributed by atoms with Crippen molar-refractivity contribution in [3.05, 3.63) is 11.9 Å². The van der Waals surface area contributed by atoms with E-state index >= 15 is 0 Å². The Labute approximate surface area is 101 Å². The molecule has 0 fully saturated rings. The van der Waals surface area contributed by atoms with E-state index in [2.05, 4.69) is 15.6 Å². The van der Waals surface area contributed by atoms with Crippen molar-refractivity contribution < 1.29 is 9.13 Å². The Bertz CT molecular complexity index is 266. The number of nitrogens with one attached hydrogen (secondary N) is 1. The van der Waals surface area contributed by atoms with Crippen LogP contribution < -0.4 is 5.32 Å². The first-order valence-electron chi connectivity index (χ1n) is 6.01. The van der Waals surface area contributed by atoms with Gasteiger partial charge in [-0.3, -0.25) is 9.07 Å². The molecule has 0 aliphatic heterocycles. The van der Waals surface area contributed by atoms with Crippen molar-refractivity contribution in [2.24, 2.45) is 0 Å². The van der Waals surface area contributed by atoms with Crippen molar-refractivity contribution in [3.63, 3.8) is 0 Å². The van der Waals surface area contributed by atoms with Gasteiger partial charge in [0.2, 0.25) is 0 Å². The molecule has 98 valence electrons. The minimum atomic E-state index is -0.230. The zero-order valence-electron chi connectivity index (χ0n) is 10.4. The summed E-state index contributed by atoms with van der Waals surface area (Å²) in [6.07, 6.45) is 4.41. The van der Waals surface area contributed by atoms with Crippen LogP contribution in [0.3, 0.4) is 0 Å². The highest BCUT2D eigenvalue weighted by atomic mass is 19.1.